The number of aromatic amines is 1. The van der Waals surface area contributed by atoms with Crippen molar-refractivity contribution in [2.45, 2.75) is 23.4 Å². The lowest BCUT2D eigenvalue weighted by Gasteiger charge is -2.06. The molecule has 28 heavy (non-hydrogen) atoms. The first kappa shape index (κ1) is 20.1. The van der Waals surface area contributed by atoms with Gasteiger partial charge in [0.05, 0.1) is 16.3 Å². The number of hydrogen-bond donors (Lipinski definition) is 3. The highest BCUT2D eigenvalue weighted by molar-refractivity contribution is 7.99. The van der Waals surface area contributed by atoms with Gasteiger partial charge in [-0.25, -0.2) is 18.5 Å². The van der Waals surface area contributed by atoms with Gasteiger partial charge in [-0.2, -0.15) is 0 Å². The smallest absolute Gasteiger partial charge is 0.238 e. The summed E-state index contributed by atoms with van der Waals surface area (Å²) in [5.74, 6) is -0.132. The molecule has 9 heteroatoms. The van der Waals surface area contributed by atoms with Gasteiger partial charge in [0, 0.05) is 17.8 Å². The quantitative estimate of drug-likeness (QED) is 0.512. The van der Waals surface area contributed by atoms with Gasteiger partial charge in [-0.05, 0) is 30.7 Å². The Balaban J connectivity index is 1.59. The largest absolute Gasteiger partial charge is 0.337 e. The topological polar surface area (TPSA) is 118 Å². The number of amides is 1. The monoisotopic (exact) mass is 416 g/mol. The number of nitrogens with one attached hydrogen (secondary N) is 2. The fourth-order valence-corrected chi connectivity index (χ4v) is 3.88. The van der Waals surface area contributed by atoms with Crippen molar-refractivity contribution in [3.8, 4) is 0 Å². The zero-order chi connectivity index (χ0) is 20.1. The number of hydrogen-bond acceptors (Lipinski definition) is 5. The van der Waals surface area contributed by atoms with E-state index in [1.165, 1.54) is 35.5 Å². The summed E-state index contributed by atoms with van der Waals surface area (Å²) in [6.45, 7) is 1.95. The first-order valence-electron chi connectivity index (χ1n) is 8.46. The lowest BCUT2D eigenvalue weighted by Crippen LogP contribution is -2.16. The number of rotatable bonds is 7. The van der Waals surface area contributed by atoms with Gasteiger partial charge in [0.15, 0.2) is 5.16 Å². The SMILES string of the molecule is Cc1[nH]c(SCC(=O)Nc2cccc(S(N)(=O)=O)c2)nc1Cc1ccccc1. The number of primary sulfonamides is 1. The van der Waals surface area contributed by atoms with E-state index in [0.29, 0.717) is 10.8 Å². The van der Waals surface area contributed by atoms with Crippen LogP contribution in [0.1, 0.15) is 17.0 Å². The van der Waals surface area contributed by atoms with E-state index in [0.717, 1.165) is 17.8 Å². The van der Waals surface area contributed by atoms with E-state index in [1.807, 2.05) is 37.3 Å². The number of anilines is 1. The van der Waals surface area contributed by atoms with Crippen LogP contribution in [0.3, 0.4) is 0 Å². The molecular formula is C19H20N4O3S2. The zero-order valence-electron chi connectivity index (χ0n) is 15.2. The highest BCUT2D eigenvalue weighted by Gasteiger charge is 2.12. The summed E-state index contributed by atoms with van der Waals surface area (Å²) in [4.78, 5) is 19.9. The Morgan fingerprint density at radius 2 is 1.93 bits per heavy atom. The summed E-state index contributed by atoms with van der Waals surface area (Å²) >= 11 is 1.28. The molecule has 0 saturated heterocycles. The summed E-state index contributed by atoms with van der Waals surface area (Å²) in [5, 5.41) is 8.43. The summed E-state index contributed by atoms with van der Waals surface area (Å²) in [7, 11) is -3.82. The van der Waals surface area contributed by atoms with E-state index in [-0.39, 0.29) is 16.6 Å². The van der Waals surface area contributed by atoms with Crippen molar-refractivity contribution in [3.63, 3.8) is 0 Å². The molecule has 0 saturated carbocycles. The number of H-pyrrole nitrogens is 1. The second-order valence-corrected chi connectivity index (χ2v) is 8.71. The first-order valence-corrected chi connectivity index (χ1v) is 11.0. The third kappa shape index (κ3) is 5.44. The third-order valence-corrected chi connectivity index (χ3v) is 5.75. The fraction of sp³-hybridized carbons (Fsp3) is 0.158. The van der Waals surface area contributed by atoms with E-state index < -0.39 is 10.0 Å². The molecule has 0 aliphatic carbocycles. The van der Waals surface area contributed by atoms with E-state index in [1.54, 1.807) is 6.07 Å². The van der Waals surface area contributed by atoms with Crippen molar-refractivity contribution in [1.29, 1.82) is 0 Å². The predicted molar refractivity (Wildman–Crippen MR) is 110 cm³/mol. The highest BCUT2D eigenvalue weighted by atomic mass is 32.2. The second-order valence-electron chi connectivity index (χ2n) is 6.19. The van der Waals surface area contributed by atoms with Gasteiger partial charge < -0.3 is 10.3 Å². The van der Waals surface area contributed by atoms with Crippen molar-refractivity contribution in [2.24, 2.45) is 5.14 Å². The highest BCUT2D eigenvalue weighted by Crippen LogP contribution is 2.20. The second kappa shape index (κ2) is 8.59. The van der Waals surface area contributed by atoms with E-state index in [2.05, 4.69) is 15.3 Å². The molecule has 146 valence electrons. The van der Waals surface area contributed by atoms with Crippen LogP contribution in [0.5, 0.6) is 0 Å². The van der Waals surface area contributed by atoms with Crippen LogP contribution in [0.15, 0.2) is 64.6 Å². The van der Waals surface area contributed by atoms with Gasteiger partial charge >= 0.3 is 0 Å². The van der Waals surface area contributed by atoms with Crippen LogP contribution < -0.4 is 10.5 Å². The molecule has 0 spiro atoms. The number of nitrogens with two attached hydrogens (primary N) is 1. The number of aryl methyl sites for hydroxylation is 1. The fourth-order valence-electron chi connectivity index (χ4n) is 2.58. The molecule has 0 aliphatic rings. The average Bonchev–Trinajstić information content (AvgIpc) is 3.00. The number of thioether (sulfide) groups is 1. The molecule has 7 nitrogen and oxygen atoms in total. The molecular weight excluding hydrogens is 396 g/mol. The third-order valence-electron chi connectivity index (χ3n) is 3.96. The number of carbonyl (C=O) groups excluding carboxylic acids is 1. The average molecular weight is 417 g/mol. The zero-order valence-corrected chi connectivity index (χ0v) is 16.8. The number of aromatic nitrogens is 2. The van der Waals surface area contributed by atoms with Crippen molar-refractivity contribution < 1.29 is 13.2 Å². The van der Waals surface area contributed by atoms with E-state index in [4.69, 9.17) is 5.14 Å². The predicted octanol–water partition coefficient (Wildman–Crippen LogP) is 2.69. The molecule has 0 unspecified atom stereocenters. The Hall–Kier alpha value is -2.62. The number of nitrogens with zero attached hydrogens (tertiary/aromatic N) is 1. The van der Waals surface area contributed by atoms with Crippen LogP contribution in [0.2, 0.25) is 0 Å². The van der Waals surface area contributed by atoms with E-state index >= 15 is 0 Å². The summed E-state index contributed by atoms with van der Waals surface area (Å²) in [6.07, 6.45) is 0.719. The lowest BCUT2D eigenvalue weighted by molar-refractivity contribution is -0.113. The van der Waals surface area contributed by atoms with Gasteiger partial charge in [-0.3, -0.25) is 4.79 Å². The minimum atomic E-state index is -3.82. The van der Waals surface area contributed by atoms with Gasteiger partial charge in [-0.1, -0.05) is 48.2 Å². The first-order chi connectivity index (χ1) is 13.3. The van der Waals surface area contributed by atoms with Crippen LogP contribution in [-0.4, -0.2) is 30.0 Å². The molecule has 1 heterocycles. The summed E-state index contributed by atoms with van der Waals surface area (Å²) in [6, 6.07) is 15.9. The molecule has 0 bridgehead atoms. The van der Waals surface area contributed by atoms with Crippen LogP contribution in [-0.2, 0) is 21.2 Å². The Morgan fingerprint density at radius 3 is 2.64 bits per heavy atom. The Labute approximate surface area is 167 Å². The molecule has 0 aliphatic heterocycles. The van der Waals surface area contributed by atoms with Crippen molar-refractivity contribution >= 4 is 33.4 Å². The Bertz CT molecular complexity index is 1080. The molecule has 3 rings (SSSR count). The summed E-state index contributed by atoms with van der Waals surface area (Å²) in [5.41, 5.74) is 3.45. The molecule has 0 radical (unpaired) electrons. The molecule has 0 atom stereocenters. The van der Waals surface area contributed by atoms with Crippen LogP contribution in [0, 0.1) is 6.92 Å². The number of sulfonamides is 1. The molecule has 1 amide bonds. The van der Waals surface area contributed by atoms with Crippen LogP contribution >= 0.6 is 11.8 Å². The number of imidazole rings is 1. The molecule has 4 N–H and O–H groups in total. The molecule has 2 aromatic carbocycles. The Morgan fingerprint density at radius 1 is 1.18 bits per heavy atom. The standard InChI is InChI=1S/C19H20N4O3S2/c1-13-17(10-14-6-3-2-4-7-14)23-19(21-13)27-12-18(24)22-15-8-5-9-16(11-15)28(20,25)26/h2-9,11H,10,12H2,1H3,(H,21,23)(H,22,24)(H2,20,25,26). The minimum absolute atomic E-state index is 0.0508. The number of carbonyl (C=O) groups is 1. The molecule has 1 aromatic heterocycles. The lowest BCUT2D eigenvalue weighted by atomic mass is 10.1. The minimum Gasteiger partial charge on any atom is -0.337 e. The molecule has 3 aromatic rings. The van der Waals surface area contributed by atoms with E-state index in [9.17, 15) is 13.2 Å². The molecule has 0 fully saturated rings. The van der Waals surface area contributed by atoms with Crippen molar-refractivity contribution in [2.75, 3.05) is 11.1 Å². The van der Waals surface area contributed by atoms with Gasteiger partial charge in [-0.15, -0.1) is 0 Å². The maximum atomic E-state index is 12.2. The van der Waals surface area contributed by atoms with Gasteiger partial charge in [0.1, 0.15) is 0 Å². The van der Waals surface area contributed by atoms with Gasteiger partial charge in [0.25, 0.3) is 0 Å². The number of benzene rings is 2. The Kier molecular flexibility index (Phi) is 6.18. The normalized spacial score (nSPS) is 11.4. The van der Waals surface area contributed by atoms with Crippen molar-refractivity contribution in [1.82, 2.24) is 9.97 Å². The van der Waals surface area contributed by atoms with Crippen LogP contribution in [0.25, 0.3) is 0 Å². The van der Waals surface area contributed by atoms with Gasteiger partial charge in [0.2, 0.25) is 15.9 Å². The maximum Gasteiger partial charge on any atom is 0.238 e. The van der Waals surface area contributed by atoms with Crippen molar-refractivity contribution in [3.05, 3.63) is 71.5 Å². The maximum absolute atomic E-state index is 12.2. The summed E-state index contributed by atoms with van der Waals surface area (Å²) < 4.78 is 22.8. The van der Waals surface area contributed by atoms with Crippen LogP contribution in [0.4, 0.5) is 5.69 Å².